The van der Waals surface area contributed by atoms with Gasteiger partial charge in [0.05, 0.1) is 18.2 Å². The average Bonchev–Trinajstić information content (AvgIpc) is 3.11. The summed E-state index contributed by atoms with van der Waals surface area (Å²) in [4.78, 5) is 14.1. The molecule has 5 nitrogen and oxygen atoms in total. The molecular weight excluding hydrogens is 316 g/mol. The number of halogens is 1. The number of rotatable bonds is 4. The molecule has 0 aliphatic carbocycles. The number of carbonyl (C=O) groups is 1. The van der Waals surface area contributed by atoms with E-state index >= 15 is 0 Å². The zero-order valence-corrected chi connectivity index (χ0v) is 13.9. The molecule has 3 rings (SSSR count). The van der Waals surface area contributed by atoms with Gasteiger partial charge in [-0.15, -0.1) is 0 Å². The summed E-state index contributed by atoms with van der Waals surface area (Å²) in [7, 11) is 1.75. The minimum atomic E-state index is -0.186. The quantitative estimate of drug-likeness (QED) is 0.720. The van der Waals surface area contributed by atoms with Gasteiger partial charge in [-0.2, -0.15) is 0 Å². The highest BCUT2D eigenvalue weighted by Gasteiger charge is 2.23. The number of hydrogen-bond donors (Lipinski definition) is 0. The van der Waals surface area contributed by atoms with Gasteiger partial charge in [0.2, 0.25) is 11.1 Å². The minimum absolute atomic E-state index is 0.0776. The van der Waals surface area contributed by atoms with E-state index in [1.165, 1.54) is 0 Å². The van der Waals surface area contributed by atoms with E-state index in [9.17, 15) is 4.79 Å². The number of furan rings is 1. The number of benzene rings is 1. The Morgan fingerprint density at radius 1 is 1.39 bits per heavy atom. The van der Waals surface area contributed by atoms with Gasteiger partial charge < -0.3 is 13.8 Å². The molecule has 0 aliphatic rings. The van der Waals surface area contributed by atoms with Gasteiger partial charge in [-0.25, -0.2) is 0 Å². The Hall–Kier alpha value is -2.27. The van der Waals surface area contributed by atoms with E-state index in [2.05, 4.69) is 5.16 Å². The number of likely N-dealkylation sites (N-methyl/N-ethyl adjacent to an activating group) is 1. The van der Waals surface area contributed by atoms with Crippen molar-refractivity contribution in [2.24, 2.45) is 0 Å². The van der Waals surface area contributed by atoms with E-state index in [-0.39, 0.29) is 23.6 Å². The maximum atomic E-state index is 12.5. The lowest BCUT2D eigenvalue weighted by molar-refractivity contribution is -0.131. The molecule has 0 unspecified atom stereocenters. The van der Waals surface area contributed by atoms with Crippen molar-refractivity contribution < 1.29 is 13.7 Å². The molecule has 1 atom stereocenters. The van der Waals surface area contributed by atoms with E-state index < -0.39 is 0 Å². The van der Waals surface area contributed by atoms with Crippen LogP contribution < -0.4 is 0 Å². The Kier molecular flexibility index (Phi) is 4.13. The van der Waals surface area contributed by atoms with Crippen LogP contribution in [0.25, 0.3) is 11.0 Å². The molecule has 6 heteroatoms. The topological polar surface area (TPSA) is 59.5 Å². The molecule has 0 saturated heterocycles. The number of carbonyl (C=O) groups excluding carboxylic acids is 1. The van der Waals surface area contributed by atoms with Crippen LogP contribution in [0.1, 0.15) is 30.0 Å². The molecule has 0 N–H and O–H groups in total. The number of aryl methyl sites for hydroxylation is 1. The third-order valence-corrected chi connectivity index (χ3v) is 4.39. The van der Waals surface area contributed by atoms with Gasteiger partial charge in [0.1, 0.15) is 11.3 Å². The first kappa shape index (κ1) is 15.6. The second-order valence-corrected chi connectivity index (χ2v) is 5.91. The summed E-state index contributed by atoms with van der Waals surface area (Å²) in [6.07, 6.45) is 0.148. The Labute approximate surface area is 138 Å². The Morgan fingerprint density at radius 2 is 2.13 bits per heavy atom. The van der Waals surface area contributed by atoms with Gasteiger partial charge >= 0.3 is 0 Å². The predicted molar refractivity (Wildman–Crippen MR) is 87.4 cm³/mol. The third-order valence-electron chi connectivity index (χ3n) is 4.10. The van der Waals surface area contributed by atoms with Crippen molar-refractivity contribution in [1.29, 1.82) is 0 Å². The molecule has 0 bridgehead atoms. The summed E-state index contributed by atoms with van der Waals surface area (Å²) in [6.45, 7) is 3.69. The monoisotopic (exact) mass is 332 g/mol. The highest BCUT2D eigenvalue weighted by atomic mass is 35.5. The molecular formula is C17H17ClN2O3. The summed E-state index contributed by atoms with van der Waals surface area (Å²) in [5.74, 6) is 0.668. The van der Waals surface area contributed by atoms with E-state index in [0.717, 1.165) is 16.7 Å². The van der Waals surface area contributed by atoms with Crippen molar-refractivity contribution in [3.63, 3.8) is 0 Å². The van der Waals surface area contributed by atoms with Gasteiger partial charge in [-0.1, -0.05) is 23.4 Å². The number of fused-ring (bicyclic) bond motifs is 1. The molecule has 1 amide bonds. The van der Waals surface area contributed by atoms with Gasteiger partial charge in [0, 0.05) is 18.0 Å². The lowest BCUT2D eigenvalue weighted by Gasteiger charge is -2.23. The number of amides is 1. The standard InChI is InChI=1S/C17H17ClN2O3/c1-10-13(17(18)23-19-10)9-16(21)20(3)11(2)15-8-12-6-4-5-7-14(12)22-15/h4-8,11H,9H2,1-3H3/t11-/m0/s1. The van der Waals surface area contributed by atoms with Crippen molar-refractivity contribution in [2.45, 2.75) is 26.3 Å². The SMILES string of the molecule is Cc1noc(Cl)c1CC(=O)N(C)[C@@H](C)c1cc2ccccc2o1. The summed E-state index contributed by atoms with van der Waals surface area (Å²) in [6, 6.07) is 9.55. The first-order valence-electron chi connectivity index (χ1n) is 7.32. The van der Waals surface area contributed by atoms with Crippen molar-refractivity contribution in [3.05, 3.63) is 52.6 Å². The Morgan fingerprint density at radius 3 is 2.78 bits per heavy atom. The second-order valence-electron chi connectivity index (χ2n) is 5.56. The third kappa shape index (κ3) is 2.97. The summed E-state index contributed by atoms with van der Waals surface area (Å²) in [5.41, 5.74) is 2.07. The predicted octanol–water partition coefficient (Wildman–Crippen LogP) is 4.14. The molecule has 0 fully saturated rings. The summed E-state index contributed by atoms with van der Waals surface area (Å²) in [5, 5.41) is 4.95. The number of para-hydroxylation sites is 1. The van der Waals surface area contributed by atoms with Crippen LogP contribution in [0.5, 0.6) is 0 Å². The molecule has 2 aromatic heterocycles. The van der Waals surface area contributed by atoms with Gasteiger partial charge in [-0.05, 0) is 37.6 Å². The Bertz CT molecular complexity index is 800. The average molecular weight is 333 g/mol. The molecule has 0 radical (unpaired) electrons. The number of aromatic nitrogens is 1. The van der Waals surface area contributed by atoms with Crippen molar-refractivity contribution in [1.82, 2.24) is 10.1 Å². The van der Waals surface area contributed by atoms with Crippen LogP contribution in [0.3, 0.4) is 0 Å². The zero-order chi connectivity index (χ0) is 16.6. The van der Waals surface area contributed by atoms with Crippen LogP contribution in [0.4, 0.5) is 0 Å². The van der Waals surface area contributed by atoms with Crippen LogP contribution in [0, 0.1) is 6.92 Å². The number of nitrogens with zero attached hydrogens (tertiary/aromatic N) is 2. The molecule has 23 heavy (non-hydrogen) atoms. The molecule has 0 saturated carbocycles. The maximum Gasteiger partial charge on any atom is 0.229 e. The largest absolute Gasteiger partial charge is 0.459 e. The van der Waals surface area contributed by atoms with Gasteiger partial charge in [-0.3, -0.25) is 4.79 Å². The van der Waals surface area contributed by atoms with Crippen molar-refractivity contribution in [2.75, 3.05) is 7.05 Å². The van der Waals surface area contributed by atoms with E-state index in [1.54, 1.807) is 18.9 Å². The highest BCUT2D eigenvalue weighted by molar-refractivity contribution is 6.29. The lowest BCUT2D eigenvalue weighted by atomic mass is 10.1. The fourth-order valence-electron chi connectivity index (χ4n) is 2.45. The highest BCUT2D eigenvalue weighted by Crippen LogP contribution is 2.28. The van der Waals surface area contributed by atoms with Crippen molar-refractivity contribution in [3.8, 4) is 0 Å². The van der Waals surface area contributed by atoms with Crippen LogP contribution in [0.15, 0.2) is 39.3 Å². The second kappa shape index (κ2) is 6.08. The lowest BCUT2D eigenvalue weighted by Crippen LogP contribution is -2.30. The maximum absolute atomic E-state index is 12.5. The van der Waals surface area contributed by atoms with Crippen LogP contribution in [-0.4, -0.2) is 23.0 Å². The smallest absolute Gasteiger partial charge is 0.229 e. The van der Waals surface area contributed by atoms with Crippen LogP contribution >= 0.6 is 11.6 Å². The number of hydrogen-bond acceptors (Lipinski definition) is 4. The molecule has 3 aromatic rings. The Balaban J connectivity index is 1.78. The molecule has 0 aliphatic heterocycles. The van der Waals surface area contributed by atoms with Gasteiger partial charge in [0.15, 0.2) is 0 Å². The van der Waals surface area contributed by atoms with Crippen molar-refractivity contribution >= 4 is 28.5 Å². The van der Waals surface area contributed by atoms with E-state index in [4.69, 9.17) is 20.5 Å². The summed E-state index contributed by atoms with van der Waals surface area (Å²) < 4.78 is 10.7. The first-order chi connectivity index (χ1) is 11.0. The zero-order valence-electron chi connectivity index (χ0n) is 13.2. The van der Waals surface area contributed by atoms with E-state index in [1.807, 2.05) is 37.3 Å². The minimum Gasteiger partial charge on any atom is -0.459 e. The molecule has 1 aromatic carbocycles. The van der Waals surface area contributed by atoms with Crippen LogP contribution in [-0.2, 0) is 11.2 Å². The fraction of sp³-hybridized carbons (Fsp3) is 0.294. The molecule has 120 valence electrons. The van der Waals surface area contributed by atoms with E-state index in [0.29, 0.717) is 11.3 Å². The summed E-state index contributed by atoms with van der Waals surface area (Å²) >= 11 is 5.93. The fourth-order valence-corrected chi connectivity index (χ4v) is 2.69. The molecule has 2 heterocycles. The van der Waals surface area contributed by atoms with Crippen LogP contribution in [0.2, 0.25) is 5.22 Å². The molecule has 0 spiro atoms. The first-order valence-corrected chi connectivity index (χ1v) is 7.70. The van der Waals surface area contributed by atoms with Gasteiger partial charge in [0.25, 0.3) is 0 Å². The normalized spacial score (nSPS) is 12.5.